The van der Waals surface area contributed by atoms with Crippen LogP contribution in [0.25, 0.3) is 21.9 Å². The minimum atomic E-state index is -3.86. The standard InChI is InChI=1S/C32H35FN2O5S/c1-32(2,18-22-12-13-23-8-4-5-9-24(23)14-22)34-19-29(36)20-35(3)41(39,40)21-25-10-6-7-11-30(25)26-15-27(31(37)38)17-28(33)16-26/h4-17,29,34,36H,18-21H2,1-3H3,(H,37,38). The van der Waals surface area contributed by atoms with Crippen LogP contribution >= 0.6 is 0 Å². The Kier molecular flexibility index (Phi) is 9.24. The number of hydrogen-bond acceptors (Lipinski definition) is 5. The summed E-state index contributed by atoms with van der Waals surface area (Å²) >= 11 is 0. The summed E-state index contributed by atoms with van der Waals surface area (Å²) in [4.78, 5) is 11.4. The smallest absolute Gasteiger partial charge is 0.335 e. The van der Waals surface area contributed by atoms with Crippen molar-refractivity contribution >= 4 is 26.8 Å². The number of carboxylic acids is 1. The van der Waals surface area contributed by atoms with Gasteiger partial charge in [-0.25, -0.2) is 21.9 Å². The number of nitrogens with zero attached hydrogens (tertiary/aromatic N) is 1. The Bertz CT molecular complexity index is 1660. The minimum Gasteiger partial charge on any atom is -0.478 e. The van der Waals surface area contributed by atoms with E-state index >= 15 is 0 Å². The van der Waals surface area contributed by atoms with Crippen LogP contribution in [0.5, 0.6) is 0 Å². The number of sulfonamides is 1. The van der Waals surface area contributed by atoms with Crippen LogP contribution in [0.1, 0.15) is 35.3 Å². The van der Waals surface area contributed by atoms with Gasteiger partial charge in [0.25, 0.3) is 0 Å². The molecule has 0 radical (unpaired) electrons. The number of rotatable bonds is 12. The van der Waals surface area contributed by atoms with Crippen molar-refractivity contribution in [1.82, 2.24) is 9.62 Å². The Morgan fingerprint density at radius 2 is 1.66 bits per heavy atom. The molecule has 9 heteroatoms. The van der Waals surface area contributed by atoms with Gasteiger partial charge in [-0.05, 0) is 71.5 Å². The summed E-state index contributed by atoms with van der Waals surface area (Å²) < 4.78 is 41.7. The summed E-state index contributed by atoms with van der Waals surface area (Å²) in [7, 11) is -2.45. The molecule has 1 atom stereocenters. The van der Waals surface area contributed by atoms with Gasteiger partial charge in [0.05, 0.1) is 17.4 Å². The summed E-state index contributed by atoms with van der Waals surface area (Å²) in [6, 6.07) is 24.5. The molecule has 1 unspecified atom stereocenters. The van der Waals surface area contributed by atoms with E-state index in [0.29, 0.717) is 11.1 Å². The molecule has 0 saturated heterocycles. The zero-order valence-electron chi connectivity index (χ0n) is 23.3. The minimum absolute atomic E-state index is 0.118. The normalized spacial score (nSPS) is 13.0. The lowest BCUT2D eigenvalue weighted by Gasteiger charge is -2.29. The molecule has 4 aromatic carbocycles. The Balaban J connectivity index is 1.39. The number of carboxylic acid groups (broad SMARTS) is 1. The molecule has 0 amide bonds. The van der Waals surface area contributed by atoms with Crippen LogP contribution in [-0.4, -0.2) is 60.7 Å². The first-order valence-electron chi connectivity index (χ1n) is 13.3. The third kappa shape index (κ3) is 7.98. The fraction of sp³-hybridized carbons (Fsp3) is 0.281. The van der Waals surface area contributed by atoms with Gasteiger partial charge < -0.3 is 15.5 Å². The molecule has 4 rings (SSSR count). The van der Waals surface area contributed by atoms with E-state index in [-0.39, 0.29) is 29.8 Å². The SMILES string of the molecule is CN(CC(O)CNC(C)(C)Cc1ccc2ccccc2c1)S(=O)(=O)Cc1ccccc1-c1cc(F)cc(C(=O)O)c1. The fourth-order valence-corrected chi connectivity index (χ4v) is 6.16. The molecule has 0 fully saturated rings. The van der Waals surface area contributed by atoms with Crippen molar-refractivity contribution < 1.29 is 27.8 Å². The second-order valence-corrected chi connectivity index (χ2v) is 13.1. The molecule has 0 aliphatic heterocycles. The number of aliphatic hydroxyl groups is 1. The van der Waals surface area contributed by atoms with Crippen LogP contribution in [0.4, 0.5) is 4.39 Å². The number of hydrogen-bond donors (Lipinski definition) is 3. The number of aromatic carboxylic acids is 1. The Hall–Kier alpha value is -3.63. The Morgan fingerprint density at radius 1 is 0.976 bits per heavy atom. The van der Waals surface area contributed by atoms with Crippen LogP contribution in [-0.2, 0) is 22.2 Å². The van der Waals surface area contributed by atoms with Crippen LogP contribution < -0.4 is 5.32 Å². The van der Waals surface area contributed by atoms with Crippen LogP contribution in [0.3, 0.4) is 0 Å². The average molecular weight is 579 g/mol. The molecule has 0 aliphatic rings. The maximum absolute atomic E-state index is 14.1. The molecule has 216 valence electrons. The lowest BCUT2D eigenvalue weighted by atomic mass is 9.93. The highest BCUT2D eigenvalue weighted by Crippen LogP contribution is 2.28. The van der Waals surface area contributed by atoms with Gasteiger partial charge in [0.15, 0.2) is 0 Å². The van der Waals surface area contributed by atoms with Gasteiger partial charge in [-0.3, -0.25) is 0 Å². The van der Waals surface area contributed by atoms with Crippen LogP contribution in [0.2, 0.25) is 0 Å². The van der Waals surface area contributed by atoms with Crippen molar-refractivity contribution in [2.75, 3.05) is 20.1 Å². The number of halogens is 1. The van der Waals surface area contributed by atoms with E-state index in [0.717, 1.165) is 27.7 Å². The molecule has 0 saturated carbocycles. The molecular formula is C32H35FN2O5S. The second kappa shape index (κ2) is 12.5. The fourth-order valence-electron chi connectivity index (χ4n) is 4.89. The quantitative estimate of drug-likeness (QED) is 0.217. The molecule has 3 N–H and O–H groups in total. The number of nitrogens with one attached hydrogen (secondary N) is 1. The van der Waals surface area contributed by atoms with Crippen molar-refractivity contribution in [1.29, 1.82) is 0 Å². The molecule has 0 heterocycles. The van der Waals surface area contributed by atoms with E-state index in [9.17, 15) is 27.8 Å². The first-order chi connectivity index (χ1) is 19.3. The maximum atomic E-state index is 14.1. The van der Waals surface area contributed by atoms with E-state index in [1.165, 1.54) is 24.6 Å². The van der Waals surface area contributed by atoms with Crippen molar-refractivity contribution in [3.8, 4) is 11.1 Å². The molecule has 0 aliphatic carbocycles. The van der Waals surface area contributed by atoms with E-state index in [1.807, 2.05) is 26.0 Å². The van der Waals surface area contributed by atoms with Gasteiger partial charge in [-0.15, -0.1) is 0 Å². The summed E-state index contributed by atoms with van der Waals surface area (Å²) in [5.74, 6) is -2.40. The van der Waals surface area contributed by atoms with Gasteiger partial charge in [-0.1, -0.05) is 66.7 Å². The van der Waals surface area contributed by atoms with Crippen LogP contribution in [0, 0.1) is 5.82 Å². The third-order valence-corrected chi connectivity index (χ3v) is 8.80. The van der Waals surface area contributed by atoms with Crippen molar-refractivity contribution in [3.05, 3.63) is 107 Å². The number of β-amino-alcohol motifs (C(OH)–C–C–N with tert-alkyl or cyclic N) is 1. The highest BCUT2D eigenvalue weighted by atomic mass is 32.2. The largest absolute Gasteiger partial charge is 0.478 e. The maximum Gasteiger partial charge on any atom is 0.335 e. The van der Waals surface area contributed by atoms with Crippen molar-refractivity contribution in [2.45, 2.75) is 37.7 Å². The van der Waals surface area contributed by atoms with Gasteiger partial charge >= 0.3 is 5.97 Å². The van der Waals surface area contributed by atoms with E-state index < -0.39 is 33.7 Å². The summed E-state index contributed by atoms with van der Waals surface area (Å²) in [6.07, 6.45) is -0.235. The first-order valence-corrected chi connectivity index (χ1v) is 14.9. The molecule has 41 heavy (non-hydrogen) atoms. The second-order valence-electron chi connectivity index (χ2n) is 11.0. The highest BCUT2D eigenvalue weighted by molar-refractivity contribution is 7.88. The lowest BCUT2D eigenvalue weighted by Crippen LogP contribution is -2.47. The number of benzene rings is 4. The molecule has 0 spiro atoms. The van der Waals surface area contributed by atoms with Gasteiger partial charge in [0.2, 0.25) is 10.0 Å². The zero-order valence-corrected chi connectivity index (χ0v) is 24.2. The lowest BCUT2D eigenvalue weighted by molar-refractivity contribution is 0.0696. The number of carbonyl (C=O) groups is 1. The monoisotopic (exact) mass is 578 g/mol. The van der Waals surface area contributed by atoms with Crippen molar-refractivity contribution in [3.63, 3.8) is 0 Å². The predicted octanol–water partition coefficient (Wildman–Crippen LogP) is 5.08. The molecular weight excluding hydrogens is 543 g/mol. The van der Waals surface area contributed by atoms with Crippen molar-refractivity contribution in [2.24, 2.45) is 0 Å². The highest BCUT2D eigenvalue weighted by Gasteiger charge is 2.25. The molecule has 4 aromatic rings. The number of likely N-dealkylation sites (N-methyl/N-ethyl adjacent to an activating group) is 1. The zero-order chi connectivity index (χ0) is 29.8. The third-order valence-electron chi connectivity index (χ3n) is 7.03. The molecule has 7 nitrogen and oxygen atoms in total. The first kappa shape index (κ1) is 30.3. The summed E-state index contributed by atoms with van der Waals surface area (Å²) in [5, 5.41) is 25.7. The average Bonchev–Trinajstić information content (AvgIpc) is 2.91. The van der Waals surface area contributed by atoms with Crippen LogP contribution in [0.15, 0.2) is 84.9 Å². The van der Waals surface area contributed by atoms with E-state index in [4.69, 9.17) is 0 Å². The number of aliphatic hydroxyl groups excluding tert-OH is 1. The van der Waals surface area contributed by atoms with E-state index in [2.05, 4.69) is 35.6 Å². The predicted molar refractivity (Wildman–Crippen MR) is 160 cm³/mol. The van der Waals surface area contributed by atoms with E-state index in [1.54, 1.807) is 24.3 Å². The Morgan fingerprint density at radius 3 is 2.39 bits per heavy atom. The van der Waals surface area contributed by atoms with Gasteiger partial charge in [0, 0.05) is 25.7 Å². The number of fused-ring (bicyclic) bond motifs is 1. The summed E-state index contributed by atoms with van der Waals surface area (Å²) in [5.41, 5.74) is 1.67. The van der Waals surface area contributed by atoms with Gasteiger partial charge in [-0.2, -0.15) is 0 Å². The molecule has 0 aromatic heterocycles. The summed E-state index contributed by atoms with van der Waals surface area (Å²) in [6.45, 7) is 4.15. The Labute approximate surface area is 240 Å². The topological polar surface area (TPSA) is 107 Å². The molecule has 0 bridgehead atoms. The van der Waals surface area contributed by atoms with Gasteiger partial charge in [0.1, 0.15) is 5.82 Å².